The standard InChI is InChI=1S/C19H30N2O3S/c1-15-9-10-16(25(4,23)24)13-17(15)18(22)20-14-19(21(2)3)11-7-5-6-8-12-19/h9-10,13H,5-8,11-12,14H2,1-4H3,(H,20,22). The zero-order valence-electron chi connectivity index (χ0n) is 15.8. The number of likely N-dealkylation sites (N-methyl/N-ethyl adjacent to an activating group) is 1. The van der Waals surface area contributed by atoms with Gasteiger partial charge in [-0.2, -0.15) is 0 Å². The SMILES string of the molecule is Cc1ccc(S(C)(=O)=O)cc1C(=O)NCC1(N(C)C)CCCCCC1. The number of amides is 1. The molecule has 1 N–H and O–H groups in total. The minimum atomic E-state index is -3.33. The van der Waals surface area contributed by atoms with Crippen LogP contribution in [0.1, 0.15) is 54.4 Å². The van der Waals surface area contributed by atoms with Crippen molar-refractivity contribution in [3.05, 3.63) is 29.3 Å². The summed E-state index contributed by atoms with van der Waals surface area (Å²) >= 11 is 0. The number of nitrogens with zero attached hydrogens (tertiary/aromatic N) is 1. The first-order valence-electron chi connectivity index (χ1n) is 8.92. The van der Waals surface area contributed by atoms with E-state index in [-0.39, 0.29) is 16.3 Å². The number of carbonyl (C=O) groups excluding carboxylic acids is 1. The van der Waals surface area contributed by atoms with Gasteiger partial charge in [-0.05, 0) is 51.6 Å². The lowest BCUT2D eigenvalue weighted by Crippen LogP contribution is -2.52. The van der Waals surface area contributed by atoms with E-state index in [0.29, 0.717) is 12.1 Å². The van der Waals surface area contributed by atoms with Gasteiger partial charge in [0, 0.05) is 23.9 Å². The second-order valence-corrected chi connectivity index (χ2v) is 9.48. The van der Waals surface area contributed by atoms with Crippen molar-refractivity contribution in [2.24, 2.45) is 0 Å². The number of aryl methyl sites for hydroxylation is 1. The molecule has 0 saturated heterocycles. The molecule has 5 nitrogen and oxygen atoms in total. The minimum Gasteiger partial charge on any atom is -0.350 e. The van der Waals surface area contributed by atoms with Crippen molar-refractivity contribution in [1.29, 1.82) is 0 Å². The Balaban J connectivity index is 2.18. The Morgan fingerprint density at radius 2 is 1.76 bits per heavy atom. The highest BCUT2D eigenvalue weighted by molar-refractivity contribution is 7.90. The lowest BCUT2D eigenvalue weighted by atomic mass is 9.88. The van der Waals surface area contributed by atoms with Gasteiger partial charge in [0.25, 0.3) is 5.91 Å². The van der Waals surface area contributed by atoms with Crippen LogP contribution in [0.3, 0.4) is 0 Å². The molecule has 0 radical (unpaired) electrons. The van der Waals surface area contributed by atoms with Gasteiger partial charge in [0.05, 0.1) is 4.90 Å². The number of carbonyl (C=O) groups is 1. The van der Waals surface area contributed by atoms with E-state index in [0.717, 1.165) is 24.7 Å². The summed E-state index contributed by atoms with van der Waals surface area (Å²) in [5.41, 5.74) is 1.20. The van der Waals surface area contributed by atoms with Crippen LogP contribution in [-0.2, 0) is 9.84 Å². The topological polar surface area (TPSA) is 66.5 Å². The van der Waals surface area contributed by atoms with E-state index in [9.17, 15) is 13.2 Å². The quantitative estimate of drug-likeness (QED) is 0.814. The van der Waals surface area contributed by atoms with Crippen LogP contribution in [-0.4, -0.2) is 51.7 Å². The molecule has 0 aliphatic heterocycles. The maximum absolute atomic E-state index is 12.7. The maximum atomic E-state index is 12.7. The smallest absolute Gasteiger partial charge is 0.251 e. The highest BCUT2D eigenvalue weighted by atomic mass is 32.2. The molecule has 1 amide bonds. The Labute approximate surface area is 151 Å². The van der Waals surface area contributed by atoms with Gasteiger partial charge >= 0.3 is 0 Å². The normalized spacial score (nSPS) is 18.0. The number of nitrogens with one attached hydrogen (secondary N) is 1. The lowest BCUT2D eigenvalue weighted by Gasteiger charge is -2.39. The Morgan fingerprint density at radius 1 is 1.16 bits per heavy atom. The van der Waals surface area contributed by atoms with Gasteiger partial charge in [0.1, 0.15) is 0 Å². The molecule has 1 aliphatic rings. The summed E-state index contributed by atoms with van der Waals surface area (Å²) in [6, 6.07) is 4.72. The third kappa shape index (κ3) is 4.82. The lowest BCUT2D eigenvalue weighted by molar-refractivity contribution is 0.0868. The number of hydrogen-bond acceptors (Lipinski definition) is 4. The fraction of sp³-hybridized carbons (Fsp3) is 0.632. The van der Waals surface area contributed by atoms with Crippen molar-refractivity contribution in [1.82, 2.24) is 10.2 Å². The van der Waals surface area contributed by atoms with E-state index in [2.05, 4.69) is 24.3 Å². The minimum absolute atomic E-state index is 0.0193. The zero-order chi connectivity index (χ0) is 18.7. The predicted molar refractivity (Wildman–Crippen MR) is 101 cm³/mol. The van der Waals surface area contributed by atoms with Crippen LogP contribution in [0, 0.1) is 6.92 Å². The van der Waals surface area contributed by atoms with Crippen molar-refractivity contribution < 1.29 is 13.2 Å². The first kappa shape index (κ1) is 19.9. The molecule has 0 heterocycles. The third-order valence-electron chi connectivity index (χ3n) is 5.44. The molecule has 0 atom stereocenters. The van der Waals surface area contributed by atoms with Crippen molar-refractivity contribution in [2.45, 2.75) is 55.9 Å². The third-order valence-corrected chi connectivity index (χ3v) is 6.55. The van der Waals surface area contributed by atoms with Crippen LogP contribution in [0.2, 0.25) is 0 Å². The van der Waals surface area contributed by atoms with E-state index >= 15 is 0 Å². The molecule has 1 aromatic carbocycles. The average Bonchev–Trinajstić information content (AvgIpc) is 2.78. The molecule has 1 aliphatic carbocycles. The van der Waals surface area contributed by atoms with Gasteiger partial charge in [0.2, 0.25) is 0 Å². The van der Waals surface area contributed by atoms with E-state index < -0.39 is 9.84 Å². The number of benzene rings is 1. The molecular formula is C19H30N2O3S. The van der Waals surface area contributed by atoms with E-state index in [1.54, 1.807) is 12.1 Å². The molecule has 25 heavy (non-hydrogen) atoms. The van der Waals surface area contributed by atoms with Crippen molar-refractivity contribution in [3.63, 3.8) is 0 Å². The monoisotopic (exact) mass is 366 g/mol. The number of rotatable bonds is 5. The molecule has 140 valence electrons. The predicted octanol–water partition coefficient (Wildman–Crippen LogP) is 2.78. The first-order chi connectivity index (χ1) is 11.7. The summed E-state index contributed by atoms with van der Waals surface area (Å²) < 4.78 is 23.5. The molecule has 0 unspecified atom stereocenters. The highest BCUT2D eigenvalue weighted by Gasteiger charge is 2.33. The highest BCUT2D eigenvalue weighted by Crippen LogP contribution is 2.30. The average molecular weight is 367 g/mol. The molecule has 1 aromatic rings. The summed E-state index contributed by atoms with van der Waals surface area (Å²) in [5, 5.41) is 3.06. The number of sulfone groups is 1. The zero-order valence-corrected chi connectivity index (χ0v) is 16.6. The molecular weight excluding hydrogens is 336 g/mol. The second-order valence-electron chi connectivity index (χ2n) is 7.46. The van der Waals surface area contributed by atoms with Crippen LogP contribution in [0.5, 0.6) is 0 Å². The second kappa shape index (κ2) is 7.87. The molecule has 0 spiro atoms. The molecule has 0 bridgehead atoms. The van der Waals surface area contributed by atoms with Crippen LogP contribution in [0.15, 0.2) is 23.1 Å². The Hall–Kier alpha value is -1.40. The van der Waals surface area contributed by atoms with Crippen molar-refractivity contribution in [3.8, 4) is 0 Å². The van der Waals surface area contributed by atoms with E-state index in [1.165, 1.54) is 31.7 Å². The number of hydrogen-bond donors (Lipinski definition) is 1. The first-order valence-corrected chi connectivity index (χ1v) is 10.8. The Morgan fingerprint density at radius 3 is 2.28 bits per heavy atom. The summed E-state index contributed by atoms with van der Waals surface area (Å²) in [6.45, 7) is 2.41. The van der Waals surface area contributed by atoms with Crippen LogP contribution < -0.4 is 5.32 Å². The maximum Gasteiger partial charge on any atom is 0.251 e. The van der Waals surface area contributed by atoms with Crippen LogP contribution >= 0.6 is 0 Å². The summed E-state index contributed by atoms with van der Waals surface area (Å²) in [5.74, 6) is -0.200. The molecule has 0 aromatic heterocycles. The molecule has 2 rings (SSSR count). The largest absolute Gasteiger partial charge is 0.350 e. The molecule has 6 heteroatoms. The van der Waals surface area contributed by atoms with Gasteiger partial charge in [-0.1, -0.05) is 31.7 Å². The van der Waals surface area contributed by atoms with Crippen molar-refractivity contribution >= 4 is 15.7 Å². The molecule has 1 saturated carbocycles. The van der Waals surface area contributed by atoms with E-state index in [1.807, 2.05) is 6.92 Å². The summed E-state index contributed by atoms with van der Waals surface area (Å²) in [6.07, 6.45) is 8.16. The molecule has 1 fully saturated rings. The van der Waals surface area contributed by atoms with Crippen LogP contribution in [0.4, 0.5) is 0 Å². The summed E-state index contributed by atoms with van der Waals surface area (Å²) in [4.78, 5) is 15.1. The fourth-order valence-corrected chi connectivity index (χ4v) is 4.23. The van der Waals surface area contributed by atoms with Gasteiger partial charge < -0.3 is 10.2 Å². The Bertz CT molecular complexity index is 718. The summed E-state index contributed by atoms with van der Waals surface area (Å²) in [7, 11) is 0.823. The fourth-order valence-electron chi connectivity index (χ4n) is 3.59. The van der Waals surface area contributed by atoms with Crippen LogP contribution in [0.25, 0.3) is 0 Å². The van der Waals surface area contributed by atoms with Gasteiger partial charge in [-0.15, -0.1) is 0 Å². The van der Waals surface area contributed by atoms with Gasteiger partial charge in [-0.25, -0.2) is 8.42 Å². The Kier molecular flexibility index (Phi) is 6.27. The van der Waals surface area contributed by atoms with Gasteiger partial charge in [-0.3, -0.25) is 4.79 Å². The van der Waals surface area contributed by atoms with Gasteiger partial charge in [0.15, 0.2) is 9.84 Å². The van der Waals surface area contributed by atoms with Crippen molar-refractivity contribution in [2.75, 3.05) is 26.9 Å². The van der Waals surface area contributed by atoms with E-state index in [4.69, 9.17) is 0 Å².